The van der Waals surface area contributed by atoms with Crippen molar-refractivity contribution in [3.63, 3.8) is 0 Å². The van der Waals surface area contributed by atoms with Crippen molar-refractivity contribution in [1.29, 1.82) is 0 Å². The molecule has 192 valence electrons. The van der Waals surface area contributed by atoms with E-state index < -0.39 is 15.9 Å². The summed E-state index contributed by atoms with van der Waals surface area (Å²) in [5.74, 6) is 0.323. The largest absolute Gasteiger partial charge is 0.508 e. The van der Waals surface area contributed by atoms with Crippen LogP contribution in [-0.2, 0) is 10.0 Å². The van der Waals surface area contributed by atoms with Crippen molar-refractivity contribution in [2.45, 2.75) is 11.8 Å². The number of carbonyl (C=O) groups excluding carboxylic acids is 1. The number of aromatic nitrogens is 1. The molecule has 3 N–H and O–H groups in total. The first-order chi connectivity index (χ1) is 17.6. The number of nitrogens with two attached hydrogens (primary N) is 1. The normalized spacial score (nSPS) is 11.2. The van der Waals surface area contributed by atoms with Crippen molar-refractivity contribution >= 4 is 15.9 Å². The van der Waals surface area contributed by atoms with Crippen molar-refractivity contribution in [2.75, 3.05) is 21.3 Å². The predicted octanol–water partition coefficient (Wildman–Crippen LogP) is 4.20. The monoisotopic (exact) mass is 522 g/mol. The van der Waals surface area contributed by atoms with Crippen LogP contribution < -0.4 is 19.9 Å². The maximum Gasteiger partial charge on any atom is 0.268 e. The van der Waals surface area contributed by atoms with Crippen LogP contribution in [0.5, 0.6) is 23.0 Å². The van der Waals surface area contributed by atoms with Gasteiger partial charge in [-0.25, -0.2) is 12.4 Å². The number of nitrogens with zero attached hydrogens (tertiary/aromatic N) is 1. The SMILES string of the molecule is COc1cc(-c2cc(-c3ccc(C(N)=O)cc3)cn2S(=O)(=O)c2cc(O)ccc2C)cc(OC)c1OC. The Hall–Kier alpha value is -4.44. The number of primary amides is 1. The average molecular weight is 523 g/mol. The number of amides is 1. The van der Waals surface area contributed by atoms with Gasteiger partial charge in [-0.1, -0.05) is 18.2 Å². The Morgan fingerprint density at radius 3 is 2.00 bits per heavy atom. The van der Waals surface area contributed by atoms with Crippen LogP contribution in [0.4, 0.5) is 0 Å². The van der Waals surface area contributed by atoms with Gasteiger partial charge < -0.3 is 25.1 Å². The number of ether oxygens (including phenoxy) is 3. The summed E-state index contributed by atoms with van der Waals surface area (Å²) in [5.41, 5.74) is 8.19. The lowest BCUT2D eigenvalue weighted by atomic mass is 10.0. The third kappa shape index (κ3) is 4.70. The molecule has 0 spiro atoms. The number of hydrogen-bond donors (Lipinski definition) is 2. The number of aryl methyl sites for hydroxylation is 1. The molecule has 4 aromatic rings. The minimum Gasteiger partial charge on any atom is -0.508 e. The maximum absolute atomic E-state index is 13.9. The Kier molecular flexibility index (Phi) is 6.86. The van der Waals surface area contributed by atoms with Crippen molar-refractivity contribution in [1.82, 2.24) is 3.97 Å². The molecule has 3 aromatic carbocycles. The molecule has 10 heteroatoms. The standard InChI is InChI=1S/C27H26N2O7S/c1-16-5-10-21(30)14-25(16)37(32,33)29-15-20(17-6-8-18(9-7-17)27(28)31)11-22(29)19-12-23(34-2)26(36-4)24(13-19)35-3/h5-15,30H,1-4H3,(H2,28,31). The van der Waals surface area contributed by atoms with Crippen molar-refractivity contribution in [3.8, 4) is 45.4 Å². The summed E-state index contributed by atoms with van der Waals surface area (Å²) in [6.07, 6.45) is 1.48. The second-order valence-electron chi connectivity index (χ2n) is 8.22. The zero-order valence-electron chi connectivity index (χ0n) is 20.7. The Labute approximate surface area is 214 Å². The molecule has 0 unspecified atom stereocenters. The van der Waals surface area contributed by atoms with Gasteiger partial charge in [0.15, 0.2) is 11.5 Å². The molecule has 0 bridgehead atoms. The molecule has 0 saturated carbocycles. The first kappa shape index (κ1) is 25.6. The summed E-state index contributed by atoms with van der Waals surface area (Å²) in [6, 6.07) is 15.7. The molecule has 0 saturated heterocycles. The molecule has 0 aliphatic heterocycles. The molecule has 4 rings (SSSR count). The number of carbonyl (C=O) groups is 1. The minimum absolute atomic E-state index is 0.0487. The lowest BCUT2D eigenvalue weighted by Crippen LogP contribution is -2.14. The molecule has 0 aliphatic rings. The smallest absolute Gasteiger partial charge is 0.268 e. The fourth-order valence-electron chi connectivity index (χ4n) is 4.04. The van der Waals surface area contributed by atoms with Crippen LogP contribution in [0.25, 0.3) is 22.4 Å². The summed E-state index contributed by atoms with van der Waals surface area (Å²) in [7, 11) is 0.255. The molecule has 0 radical (unpaired) electrons. The van der Waals surface area contributed by atoms with Crippen LogP contribution >= 0.6 is 0 Å². The summed E-state index contributed by atoms with van der Waals surface area (Å²) >= 11 is 0. The second-order valence-corrected chi connectivity index (χ2v) is 10.0. The van der Waals surface area contributed by atoms with Gasteiger partial charge >= 0.3 is 0 Å². The Morgan fingerprint density at radius 2 is 1.46 bits per heavy atom. The second kappa shape index (κ2) is 9.90. The number of methoxy groups -OCH3 is 3. The molecular weight excluding hydrogens is 496 g/mol. The fraction of sp³-hybridized carbons (Fsp3) is 0.148. The quantitative estimate of drug-likeness (QED) is 0.355. The van der Waals surface area contributed by atoms with E-state index in [0.717, 1.165) is 3.97 Å². The van der Waals surface area contributed by atoms with E-state index in [1.165, 1.54) is 45.7 Å². The highest BCUT2D eigenvalue weighted by molar-refractivity contribution is 7.90. The van der Waals surface area contributed by atoms with E-state index in [1.807, 2.05) is 0 Å². The number of hydrogen-bond acceptors (Lipinski definition) is 7. The van der Waals surface area contributed by atoms with Crippen LogP contribution in [0.2, 0.25) is 0 Å². The van der Waals surface area contributed by atoms with Gasteiger partial charge in [0.1, 0.15) is 5.75 Å². The van der Waals surface area contributed by atoms with E-state index >= 15 is 0 Å². The summed E-state index contributed by atoms with van der Waals surface area (Å²) in [4.78, 5) is 11.4. The van der Waals surface area contributed by atoms with Gasteiger partial charge in [0.2, 0.25) is 11.7 Å². The Balaban J connectivity index is 2.00. The molecule has 1 heterocycles. The molecular formula is C27H26N2O7S. The maximum atomic E-state index is 13.9. The van der Waals surface area contributed by atoms with Gasteiger partial charge in [0, 0.05) is 29.0 Å². The topological polar surface area (TPSA) is 130 Å². The Morgan fingerprint density at radius 1 is 0.838 bits per heavy atom. The lowest BCUT2D eigenvalue weighted by Gasteiger charge is -2.16. The number of aromatic hydroxyl groups is 1. The molecule has 9 nitrogen and oxygen atoms in total. The van der Waals surface area contributed by atoms with Crippen molar-refractivity contribution in [3.05, 3.63) is 78.0 Å². The van der Waals surface area contributed by atoms with E-state index in [0.29, 0.717) is 50.8 Å². The number of phenols is 1. The van der Waals surface area contributed by atoms with E-state index in [4.69, 9.17) is 19.9 Å². The third-order valence-electron chi connectivity index (χ3n) is 5.96. The first-order valence-electron chi connectivity index (χ1n) is 11.1. The van der Waals surface area contributed by atoms with Crippen molar-refractivity contribution < 1.29 is 32.5 Å². The molecule has 37 heavy (non-hydrogen) atoms. The zero-order chi connectivity index (χ0) is 26.9. The van der Waals surface area contributed by atoms with Crippen LogP contribution in [0.3, 0.4) is 0 Å². The van der Waals surface area contributed by atoms with Gasteiger partial charge in [-0.05, 0) is 54.4 Å². The van der Waals surface area contributed by atoms with E-state index in [1.54, 1.807) is 49.4 Å². The van der Waals surface area contributed by atoms with Crippen LogP contribution in [0.1, 0.15) is 15.9 Å². The van der Waals surface area contributed by atoms with Crippen LogP contribution in [0.15, 0.2) is 71.8 Å². The predicted molar refractivity (Wildman–Crippen MR) is 139 cm³/mol. The highest BCUT2D eigenvalue weighted by Gasteiger charge is 2.26. The lowest BCUT2D eigenvalue weighted by molar-refractivity contribution is 0.100. The van der Waals surface area contributed by atoms with Gasteiger partial charge in [0.05, 0.1) is 31.9 Å². The molecule has 0 aliphatic carbocycles. The van der Waals surface area contributed by atoms with Gasteiger partial charge in [-0.15, -0.1) is 0 Å². The van der Waals surface area contributed by atoms with Gasteiger partial charge in [-0.3, -0.25) is 4.79 Å². The van der Waals surface area contributed by atoms with Crippen LogP contribution in [0, 0.1) is 6.92 Å². The number of phenolic OH excluding ortho intramolecular Hbond substituents is 1. The number of rotatable bonds is 8. The molecule has 1 aromatic heterocycles. The fourth-order valence-corrected chi connectivity index (χ4v) is 5.67. The zero-order valence-corrected chi connectivity index (χ0v) is 21.5. The highest BCUT2D eigenvalue weighted by atomic mass is 32.2. The Bertz CT molecular complexity index is 1560. The molecule has 0 fully saturated rings. The van der Waals surface area contributed by atoms with Gasteiger partial charge in [-0.2, -0.15) is 0 Å². The summed E-state index contributed by atoms with van der Waals surface area (Å²) in [5, 5.41) is 10.0. The molecule has 0 atom stereocenters. The number of benzene rings is 3. The van der Waals surface area contributed by atoms with E-state index in [9.17, 15) is 18.3 Å². The van der Waals surface area contributed by atoms with E-state index in [-0.39, 0.29) is 10.6 Å². The average Bonchev–Trinajstić information content (AvgIpc) is 3.35. The minimum atomic E-state index is -4.16. The molecule has 1 amide bonds. The van der Waals surface area contributed by atoms with Crippen molar-refractivity contribution in [2.24, 2.45) is 5.73 Å². The highest BCUT2D eigenvalue weighted by Crippen LogP contribution is 2.43. The van der Waals surface area contributed by atoms with Gasteiger partial charge in [0.25, 0.3) is 10.0 Å². The van der Waals surface area contributed by atoms with E-state index in [2.05, 4.69) is 0 Å². The first-order valence-corrected chi connectivity index (χ1v) is 12.5. The summed E-state index contributed by atoms with van der Waals surface area (Å²) < 4.78 is 45.3. The summed E-state index contributed by atoms with van der Waals surface area (Å²) in [6.45, 7) is 1.65. The van der Waals surface area contributed by atoms with Crippen LogP contribution in [-0.4, -0.2) is 44.7 Å². The third-order valence-corrected chi connectivity index (χ3v) is 7.77.